The SMILES string of the molecule is CCc1nc2nc(C3CCCC3)cc(Cl)n2n1. The highest BCUT2D eigenvalue weighted by atomic mass is 35.5. The van der Waals surface area contributed by atoms with E-state index in [2.05, 4.69) is 15.1 Å². The Hall–Kier alpha value is -1.16. The second-order valence-corrected chi connectivity index (χ2v) is 4.97. The van der Waals surface area contributed by atoms with E-state index in [0.29, 0.717) is 16.8 Å². The first-order valence-electron chi connectivity index (χ1n) is 6.20. The molecule has 0 aromatic carbocycles. The van der Waals surface area contributed by atoms with Crippen molar-refractivity contribution in [3.05, 3.63) is 22.7 Å². The van der Waals surface area contributed by atoms with Gasteiger partial charge in [-0.25, -0.2) is 4.98 Å². The Morgan fingerprint density at radius 2 is 2.12 bits per heavy atom. The van der Waals surface area contributed by atoms with E-state index in [9.17, 15) is 0 Å². The summed E-state index contributed by atoms with van der Waals surface area (Å²) in [5.41, 5.74) is 1.08. The average Bonchev–Trinajstić information content (AvgIpc) is 2.97. The number of halogens is 1. The number of rotatable bonds is 2. The van der Waals surface area contributed by atoms with E-state index in [1.807, 2.05) is 13.0 Å². The third kappa shape index (κ3) is 1.90. The molecule has 0 saturated heterocycles. The molecule has 3 rings (SSSR count). The topological polar surface area (TPSA) is 43.1 Å². The van der Waals surface area contributed by atoms with Gasteiger partial charge in [0.25, 0.3) is 5.78 Å². The van der Waals surface area contributed by atoms with Crippen LogP contribution < -0.4 is 0 Å². The molecule has 2 aromatic heterocycles. The minimum Gasteiger partial charge on any atom is -0.216 e. The molecule has 4 nitrogen and oxygen atoms in total. The molecule has 1 fully saturated rings. The summed E-state index contributed by atoms with van der Waals surface area (Å²) in [6, 6.07) is 1.94. The Morgan fingerprint density at radius 3 is 2.82 bits per heavy atom. The maximum Gasteiger partial charge on any atom is 0.254 e. The molecule has 2 aromatic rings. The van der Waals surface area contributed by atoms with Gasteiger partial charge in [0.1, 0.15) is 5.15 Å². The molecule has 90 valence electrons. The average molecular weight is 251 g/mol. The zero-order valence-electron chi connectivity index (χ0n) is 9.86. The molecule has 0 spiro atoms. The van der Waals surface area contributed by atoms with Gasteiger partial charge in [0, 0.05) is 12.3 Å². The van der Waals surface area contributed by atoms with E-state index in [1.54, 1.807) is 4.52 Å². The van der Waals surface area contributed by atoms with Gasteiger partial charge in [-0.1, -0.05) is 31.4 Å². The van der Waals surface area contributed by atoms with E-state index < -0.39 is 0 Å². The molecular formula is C12H15ClN4. The second-order valence-electron chi connectivity index (χ2n) is 4.58. The fourth-order valence-electron chi connectivity index (χ4n) is 2.47. The Balaban J connectivity index is 2.09. The van der Waals surface area contributed by atoms with Crippen molar-refractivity contribution in [3.63, 3.8) is 0 Å². The first-order chi connectivity index (χ1) is 8.28. The highest BCUT2D eigenvalue weighted by molar-refractivity contribution is 6.29. The number of aromatic nitrogens is 4. The largest absolute Gasteiger partial charge is 0.254 e. The first-order valence-corrected chi connectivity index (χ1v) is 6.58. The van der Waals surface area contributed by atoms with E-state index in [1.165, 1.54) is 25.7 Å². The summed E-state index contributed by atoms with van der Waals surface area (Å²) in [5, 5.41) is 4.92. The quantitative estimate of drug-likeness (QED) is 0.770. The van der Waals surface area contributed by atoms with Gasteiger partial charge >= 0.3 is 0 Å². The van der Waals surface area contributed by atoms with Crippen LogP contribution in [0.25, 0.3) is 5.78 Å². The predicted molar refractivity (Wildman–Crippen MR) is 66.4 cm³/mol. The van der Waals surface area contributed by atoms with Gasteiger partial charge in [0.05, 0.1) is 5.69 Å². The molecule has 1 aliphatic carbocycles. The van der Waals surface area contributed by atoms with E-state index in [0.717, 1.165) is 17.9 Å². The molecule has 1 aliphatic rings. The molecule has 0 amide bonds. The van der Waals surface area contributed by atoms with Crippen LogP contribution in [0.5, 0.6) is 0 Å². The summed E-state index contributed by atoms with van der Waals surface area (Å²) in [5.74, 6) is 1.98. The van der Waals surface area contributed by atoms with E-state index in [-0.39, 0.29) is 0 Å². The molecule has 1 saturated carbocycles. The Kier molecular flexibility index (Phi) is 2.74. The Labute approximate surface area is 105 Å². The lowest BCUT2D eigenvalue weighted by molar-refractivity contribution is 0.693. The van der Waals surface area contributed by atoms with Gasteiger partial charge in [-0.3, -0.25) is 0 Å². The van der Waals surface area contributed by atoms with E-state index >= 15 is 0 Å². The number of hydrogen-bond acceptors (Lipinski definition) is 3. The fraction of sp³-hybridized carbons (Fsp3) is 0.583. The van der Waals surface area contributed by atoms with Crippen molar-refractivity contribution in [1.29, 1.82) is 0 Å². The van der Waals surface area contributed by atoms with Crippen LogP contribution in [-0.4, -0.2) is 19.6 Å². The van der Waals surface area contributed by atoms with Crippen LogP contribution in [-0.2, 0) is 6.42 Å². The van der Waals surface area contributed by atoms with Crippen LogP contribution in [0.1, 0.15) is 50.0 Å². The van der Waals surface area contributed by atoms with Crippen molar-refractivity contribution in [2.75, 3.05) is 0 Å². The van der Waals surface area contributed by atoms with Crippen molar-refractivity contribution >= 4 is 17.4 Å². The van der Waals surface area contributed by atoms with E-state index in [4.69, 9.17) is 11.6 Å². The summed E-state index contributed by atoms with van der Waals surface area (Å²) >= 11 is 6.23. The van der Waals surface area contributed by atoms with Crippen LogP contribution in [0, 0.1) is 0 Å². The van der Waals surface area contributed by atoms with Crippen molar-refractivity contribution in [2.45, 2.75) is 44.9 Å². The van der Waals surface area contributed by atoms with Gasteiger partial charge in [-0.15, -0.1) is 5.10 Å². The third-order valence-electron chi connectivity index (χ3n) is 3.42. The number of fused-ring (bicyclic) bond motifs is 1. The van der Waals surface area contributed by atoms with Crippen LogP contribution in [0.2, 0.25) is 5.15 Å². The zero-order valence-corrected chi connectivity index (χ0v) is 10.6. The molecule has 5 heteroatoms. The highest BCUT2D eigenvalue weighted by Crippen LogP contribution is 2.33. The van der Waals surface area contributed by atoms with Gasteiger partial charge in [-0.2, -0.15) is 9.50 Å². The van der Waals surface area contributed by atoms with Crippen molar-refractivity contribution < 1.29 is 0 Å². The normalized spacial score (nSPS) is 17.1. The summed E-state index contributed by atoms with van der Waals surface area (Å²) in [7, 11) is 0. The van der Waals surface area contributed by atoms with Crippen molar-refractivity contribution in [3.8, 4) is 0 Å². The smallest absolute Gasteiger partial charge is 0.216 e. The molecule has 0 bridgehead atoms. The monoisotopic (exact) mass is 250 g/mol. The maximum absolute atomic E-state index is 6.23. The van der Waals surface area contributed by atoms with Gasteiger partial charge in [-0.05, 0) is 18.9 Å². The third-order valence-corrected chi connectivity index (χ3v) is 3.69. The highest BCUT2D eigenvalue weighted by Gasteiger charge is 2.20. The maximum atomic E-state index is 6.23. The molecule has 0 atom stereocenters. The molecule has 0 radical (unpaired) electrons. The number of nitrogens with zero attached hydrogens (tertiary/aromatic N) is 4. The molecule has 0 N–H and O–H groups in total. The van der Waals surface area contributed by atoms with Crippen LogP contribution in [0.4, 0.5) is 0 Å². The zero-order chi connectivity index (χ0) is 11.8. The lowest BCUT2D eigenvalue weighted by Crippen LogP contribution is -2.01. The van der Waals surface area contributed by atoms with Crippen LogP contribution in [0.15, 0.2) is 6.07 Å². The Morgan fingerprint density at radius 1 is 1.35 bits per heavy atom. The minimum absolute atomic E-state index is 0.555. The fourth-order valence-corrected chi connectivity index (χ4v) is 2.70. The standard InChI is InChI=1S/C12H15ClN4/c1-2-11-15-12-14-9(8-5-3-4-6-8)7-10(13)17(12)16-11/h7-8H,2-6H2,1H3. The molecular weight excluding hydrogens is 236 g/mol. The lowest BCUT2D eigenvalue weighted by Gasteiger charge is -2.08. The second kappa shape index (κ2) is 4.26. The van der Waals surface area contributed by atoms with Crippen molar-refractivity contribution in [2.24, 2.45) is 0 Å². The molecule has 17 heavy (non-hydrogen) atoms. The molecule has 0 unspecified atom stereocenters. The minimum atomic E-state index is 0.555. The predicted octanol–water partition coefficient (Wildman–Crippen LogP) is 3.00. The summed E-state index contributed by atoms with van der Waals surface area (Å²) in [4.78, 5) is 8.97. The summed E-state index contributed by atoms with van der Waals surface area (Å²) < 4.78 is 1.62. The van der Waals surface area contributed by atoms with Crippen LogP contribution in [0.3, 0.4) is 0 Å². The van der Waals surface area contributed by atoms with Crippen LogP contribution >= 0.6 is 11.6 Å². The summed E-state index contributed by atoms with van der Waals surface area (Å²) in [6.45, 7) is 2.03. The summed E-state index contributed by atoms with van der Waals surface area (Å²) in [6.07, 6.45) is 5.82. The van der Waals surface area contributed by atoms with Gasteiger partial charge < -0.3 is 0 Å². The van der Waals surface area contributed by atoms with Gasteiger partial charge in [0.15, 0.2) is 5.82 Å². The van der Waals surface area contributed by atoms with Crippen molar-refractivity contribution in [1.82, 2.24) is 19.6 Å². The first kappa shape index (κ1) is 11.0. The molecule has 0 aliphatic heterocycles. The van der Waals surface area contributed by atoms with Gasteiger partial charge in [0.2, 0.25) is 0 Å². The number of hydrogen-bond donors (Lipinski definition) is 0. The Bertz CT molecular complexity index is 543. The molecule has 2 heterocycles. The number of aryl methyl sites for hydroxylation is 1. The lowest BCUT2D eigenvalue weighted by atomic mass is 10.0.